The average Bonchev–Trinajstić information content (AvgIpc) is 3.14. The number of amides is 2. The number of carbonyl (C=O) groups is 2. The first-order valence-corrected chi connectivity index (χ1v) is 10.9. The number of hydrogen-bond acceptors (Lipinski definition) is 3. The zero-order valence-electron chi connectivity index (χ0n) is 16.6. The molecule has 0 aliphatic carbocycles. The molecule has 2 aliphatic rings. The van der Waals surface area contributed by atoms with Crippen molar-refractivity contribution in [3.63, 3.8) is 0 Å². The summed E-state index contributed by atoms with van der Waals surface area (Å²) in [5.74, 6) is -0.891. The number of anilines is 1. The van der Waals surface area contributed by atoms with Gasteiger partial charge in [-0.1, -0.05) is 24.3 Å². The Morgan fingerprint density at radius 2 is 1.97 bits per heavy atom. The lowest BCUT2D eigenvalue weighted by molar-refractivity contribution is -0.126. The summed E-state index contributed by atoms with van der Waals surface area (Å²) in [6, 6.07) is 14.1. The standard InChI is InChI=1S/C23H24BrFN2O3/c24-19-6-1-2-7-20(19)27-14-16(12-21(27)28)22(29)26-15-23(8-10-30-11-9-23)17-4-3-5-18(25)13-17/h1-7,13,16H,8-12,14-15H2,(H,26,29). The van der Waals surface area contributed by atoms with E-state index in [2.05, 4.69) is 21.2 Å². The highest BCUT2D eigenvalue weighted by molar-refractivity contribution is 9.10. The van der Waals surface area contributed by atoms with E-state index in [-0.39, 0.29) is 29.5 Å². The van der Waals surface area contributed by atoms with Crippen LogP contribution in [-0.2, 0) is 19.7 Å². The van der Waals surface area contributed by atoms with Crippen molar-refractivity contribution in [1.29, 1.82) is 0 Å². The number of rotatable bonds is 5. The minimum absolute atomic E-state index is 0.0621. The predicted molar refractivity (Wildman–Crippen MR) is 116 cm³/mol. The van der Waals surface area contributed by atoms with E-state index in [0.29, 0.717) is 39.1 Å². The van der Waals surface area contributed by atoms with Crippen molar-refractivity contribution in [2.24, 2.45) is 5.92 Å². The number of nitrogens with zero attached hydrogens (tertiary/aromatic N) is 1. The highest BCUT2D eigenvalue weighted by atomic mass is 79.9. The number of ether oxygens (including phenoxy) is 1. The van der Waals surface area contributed by atoms with E-state index in [9.17, 15) is 14.0 Å². The highest BCUT2D eigenvalue weighted by Gasteiger charge is 2.39. The molecule has 2 amide bonds. The van der Waals surface area contributed by atoms with E-state index in [1.807, 2.05) is 30.3 Å². The average molecular weight is 475 g/mol. The Morgan fingerprint density at radius 3 is 2.70 bits per heavy atom. The molecule has 30 heavy (non-hydrogen) atoms. The van der Waals surface area contributed by atoms with Crippen molar-refractivity contribution in [1.82, 2.24) is 5.32 Å². The zero-order chi connectivity index (χ0) is 21.1. The molecule has 0 radical (unpaired) electrons. The molecule has 1 unspecified atom stereocenters. The van der Waals surface area contributed by atoms with Crippen LogP contribution in [0.4, 0.5) is 10.1 Å². The summed E-state index contributed by atoms with van der Waals surface area (Å²) in [6.07, 6.45) is 1.61. The van der Waals surface area contributed by atoms with Crippen LogP contribution in [0.3, 0.4) is 0 Å². The van der Waals surface area contributed by atoms with Crippen molar-refractivity contribution in [3.8, 4) is 0 Å². The third-order valence-electron chi connectivity index (χ3n) is 6.13. The molecule has 7 heteroatoms. The molecular formula is C23H24BrFN2O3. The van der Waals surface area contributed by atoms with Crippen LogP contribution >= 0.6 is 15.9 Å². The van der Waals surface area contributed by atoms with Gasteiger partial charge in [0.15, 0.2) is 0 Å². The fourth-order valence-electron chi connectivity index (χ4n) is 4.34. The maximum Gasteiger partial charge on any atom is 0.227 e. The molecule has 5 nitrogen and oxygen atoms in total. The summed E-state index contributed by atoms with van der Waals surface area (Å²) in [4.78, 5) is 27.1. The Labute approximate surface area is 183 Å². The van der Waals surface area contributed by atoms with Gasteiger partial charge in [0.05, 0.1) is 11.6 Å². The first-order chi connectivity index (χ1) is 14.5. The van der Waals surface area contributed by atoms with Crippen LogP contribution in [0, 0.1) is 11.7 Å². The Kier molecular flexibility index (Phi) is 6.20. The number of hydrogen-bond donors (Lipinski definition) is 1. The molecule has 0 saturated carbocycles. The largest absolute Gasteiger partial charge is 0.381 e. The summed E-state index contributed by atoms with van der Waals surface area (Å²) in [6.45, 7) is 1.90. The van der Waals surface area contributed by atoms with Gasteiger partial charge in [0, 0.05) is 42.6 Å². The Hall–Kier alpha value is -2.25. The van der Waals surface area contributed by atoms with Gasteiger partial charge in [-0.3, -0.25) is 9.59 Å². The number of carbonyl (C=O) groups excluding carboxylic acids is 2. The van der Waals surface area contributed by atoms with Crippen LogP contribution < -0.4 is 10.2 Å². The van der Waals surface area contributed by atoms with Crippen LogP contribution in [0.2, 0.25) is 0 Å². The van der Waals surface area contributed by atoms with Gasteiger partial charge >= 0.3 is 0 Å². The van der Waals surface area contributed by atoms with Gasteiger partial charge in [-0.05, 0) is 58.6 Å². The van der Waals surface area contributed by atoms with Crippen molar-refractivity contribution < 1.29 is 18.7 Å². The molecule has 4 rings (SSSR count). The van der Waals surface area contributed by atoms with Crippen LogP contribution in [-0.4, -0.2) is 38.1 Å². The SMILES string of the molecule is O=C(NCC1(c2cccc(F)c2)CCOCC1)C1CC(=O)N(c2ccccc2Br)C1. The fraction of sp³-hybridized carbons (Fsp3) is 0.391. The summed E-state index contributed by atoms with van der Waals surface area (Å²) >= 11 is 3.48. The molecule has 0 bridgehead atoms. The van der Waals surface area contributed by atoms with E-state index in [0.717, 1.165) is 15.7 Å². The lowest BCUT2D eigenvalue weighted by Crippen LogP contribution is -2.46. The summed E-state index contributed by atoms with van der Waals surface area (Å²) in [7, 11) is 0. The van der Waals surface area contributed by atoms with Crippen molar-refractivity contribution >= 4 is 33.4 Å². The molecule has 2 fully saturated rings. The van der Waals surface area contributed by atoms with Crippen LogP contribution in [0.15, 0.2) is 53.0 Å². The Balaban J connectivity index is 1.45. The number of benzene rings is 2. The molecule has 2 aromatic rings. The summed E-state index contributed by atoms with van der Waals surface area (Å²) in [5.41, 5.74) is 1.29. The van der Waals surface area contributed by atoms with Crippen LogP contribution in [0.5, 0.6) is 0 Å². The van der Waals surface area contributed by atoms with E-state index < -0.39 is 5.92 Å². The molecule has 2 heterocycles. The predicted octanol–water partition coefficient (Wildman–Crippen LogP) is 3.81. The second-order valence-electron chi connectivity index (χ2n) is 7.98. The summed E-state index contributed by atoms with van der Waals surface area (Å²) in [5, 5.41) is 3.05. The smallest absolute Gasteiger partial charge is 0.227 e. The molecule has 0 spiro atoms. The maximum absolute atomic E-state index is 13.9. The fourth-order valence-corrected chi connectivity index (χ4v) is 4.83. The first kappa shape index (κ1) is 21.0. The maximum atomic E-state index is 13.9. The van der Waals surface area contributed by atoms with Crippen molar-refractivity contribution in [2.45, 2.75) is 24.7 Å². The van der Waals surface area contributed by atoms with Crippen LogP contribution in [0.1, 0.15) is 24.8 Å². The van der Waals surface area contributed by atoms with Gasteiger partial charge < -0.3 is 15.0 Å². The first-order valence-electron chi connectivity index (χ1n) is 10.1. The third kappa shape index (κ3) is 4.27. The van der Waals surface area contributed by atoms with Gasteiger partial charge in [0.25, 0.3) is 0 Å². The molecule has 2 saturated heterocycles. The Morgan fingerprint density at radius 1 is 1.20 bits per heavy atom. The highest BCUT2D eigenvalue weighted by Crippen LogP contribution is 2.35. The van der Waals surface area contributed by atoms with Crippen molar-refractivity contribution in [3.05, 3.63) is 64.4 Å². The quantitative estimate of drug-likeness (QED) is 0.716. The van der Waals surface area contributed by atoms with Gasteiger partial charge in [-0.15, -0.1) is 0 Å². The number of nitrogens with one attached hydrogen (secondary N) is 1. The second kappa shape index (κ2) is 8.86. The monoisotopic (exact) mass is 474 g/mol. The van der Waals surface area contributed by atoms with Gasteiger partial charge in [-0.2, -0.15) is 0 Å². The van der Waals surface area contributed by atoms with Gasteiger partial charge in [-0.25, -0.2) is 4.39 Å². The van der Waals surface area contributed by atoms with E-state index in [1.165, 1.54) is 6.07 Å². The minimum Gasteiger partial charge on any atom is -0.381 e. The topological polar surface area (TPSA) is 58.6 Å². The molecule has 2 aromatic carbocycles. The molecule has 1 N–H and O–H groups in total. The molecule has 0 aromatic heterocycles. The molecule has 1 atom stereocenters. The Bertz CT molecular complexity index is 946. The lowest BCUT2D eigenvalue weighted by Gasteiger charge is -2.38. The van der Waals surface area contributed by atoms with E-state index >= 15 is 0 Å². The van der Waals surface area contributed by atoms with Crippen LogP contribution in [0.25, 0.3) is 0 Å². The van der Waals surface area contributed by atoms with Gasteiger partial charge in [0.2, 0.25) is 11.8 Å². The van der Waals surface area contributed by atoms with E-state index in [1.54, 1.807) is 17.0 Å². The third-order valence-corrected chi connectivity index (χ3v) is 6.80. The van der Waals surface area contributed by atoms with Gasteiger partial charge in [0.1, 0.15) is 5.82 Å². The number of halogens is 2. The molecular weight excluding hydrogens is 451 g/mol. The molecule has 158 valence electrons. The van der Waals surface area contributed by atoms with Crippen molar-refractivity contribution in [2.75, 3.05) is 31.2 Å². The normalized spacial score (nSPS) is 20.9. The minimum atomic E-state index is -0.408. The summed E-state index contributed by atoms with van der Waals surface area (Å²) < 4.78 is 20.2. The second-order valence-corrected chi connectivity index (χ2v) is 8.83. The molecule has 2 aliphatic heterocycles. The zero-order valence-corrected chi connectivity index (χ0v) is 18.2. The number of para-hydroxylation sites is 1. The lowest BCUT2D eigenvalue weighted by atomic mass is 9.74. The van der Waals surface area contributed by atoms with E-state index in [4.69, 9.17) is 4.74 Å².